The molecule has 0 aliphatic carbocycles. The van der Waals surface area contributed by atoms with E-state index in [0.29, 0.717) is 17.1 Å². The first-order valence-electron chi connectivity index (χ1n) is 10.4. The van der Waals surface area contributed by atoms with Crippen molar-refractivity contribution in [1.29, 1.82) is 0 Å². The summed E-state index contributed by atoms with van der Waals surface area (Å²) in [4.78, 5) is 37.9. The lowest BCUT2D eigenvalue weighted by Crippen LogP contribution is -2.41. The van der Waals surface area contributed by atoms with Crippen LogP contribution in [0.3, 0.4) is 0 Å². The van der Waals surface area contributed by atoms with Crippen LogP contribution in [0, 0.1) is 6.92 Å². The fourth-order valence-electron chi connectivity index (χ4n) is 3.41. The predicted molar refractivity (Wildman–Crippen MR) is 125 cm³/mol. The van der Waals surface area contributed by atoms with E-state index in [1.165, 1.54) is 0 Å². The van der Waals surface area contributed by atoms with Crippen LogP contribution >= 0.6 is 0 Å². The van der Waals surface area contributed by atoms with Gasteiger partial charge in [-0.2, -0.15) is 0 Å². The average Bonchev–Trinajstić information content (AvgIpc) is 2.79. The molecular weight excluding hydrogens is 422 g/mol. The number of benzene rings is 3. The summed E-state index contributed by atoms with van der Waals surface area (Å²) in [6, 6.07) is 21.8. The molecule has 1 heterocycles. The molecule has 0 aromatic heterocycles. The van der Waals surface area contributed by atoms with E-state index in [-0.39, 0.29) is 19.0 Å². The van der Waals surface area contributed by atoms with E-state index in [9.17, 15) is 14.4 Å². The second-order valence-corrected chi connectivity index (χ2v) is 7.57. The Bertz CT molecular complexity index is 1180. The van der Waals surface area contributed by atoms with E-state index in [0.717, 1.165) is 17.0 Å². The molecule has 0 atom stereocenters. The highest BCUT2D eigenvalue weighted by Crippen LogP contribution is 2.28. The number of nitrogens with zero attached hydrogens (tertiary/aromatic N) is 1. The summed E-state index contributed by atoms with van der Waals surface area (Å²) in [5.41, 5.74) is 3.01. The maximum Gasteiger partial charge on any atom is 0.326 e. The van der Waals surface area contributed by atoms with Gasteiger partial charge in [0.2, 0.25) is 5.91 Å². The van der Waals surface area contributed by atoms with Crippen molar-refractivity contribution in [3.8, 4) is 11.5 Å². The number of carbonyl (C=O) groups excluding carboxylic acids is 3. The molecule has 0 radical (unpaired) electrons. The van der Waals surface area contributed by atoms with Gasteiger partial charge in [0.15, 0.2) is 6.61 Å². The largest absolute Gasteiger partial charge is 0.457 e. The smallest absolute Gasteiger partial charge is 0.326 e. The van der Waals surface area contributed by atoms with E-state index in [1.807, 2.05) is 37.3 Å². The van der Waals surface area contributed by atoms with Gasteiger partial charge in [0.05, 0.1) is 17.9 Å². The van der Waals surface area contributed by atoms with Gasteiger partial charge in [-0.15, -0.1) is 0 Å². The first-order chi connectivity index (χ1) is 16.0. The standard InChI is InChI=1S/C25H23N3O5/c1-17-5-4-6-20(13-17)33-19-11-9-18(10-12-19)26-24(30)16-32-25(31)15-28-14-23(29)27-21-7-2-3-8-22(21)28/h2-13H,14-16H2,1H3,(H,26,30)(H,27,29). The van der Waals surface area contributed by atoms with Gasteiger partial charge in [-0.1, -0.05) is 24.3 Å². The number of hydrogen-bond acceptors (Lipinski definition) is 6. The van der Waals surface area contributed by atoms with Crippen molar-refractivity contribution < 1.29 is 23.9 Å². The zero-order valence-electron chi connectivity index (χ0n) is 18.0. The van der Waals surface area contributed by atoms with Crippen molar-refractivity contribution >= 4 is 34.8 Å². The molecule has 0 saturated carbocycles. The maximum absolute atomic E-state index is 12.2. The predicted octanol–water partition coefficient (Wildman–Crippen LogP) is 3.73. The Kier molecular flexibility index (Phi) is 6.54. The molecule has 8 nitrogen and oxygen atoms in total. The van der Waals surface area contributed by atoms with Gasteiger partial charge < -0.3 is 25.0 Å². The van der Waals surface area contributed by atoms with Gasteiger partial charge in [0.25, 0.3) is 5.91 Å². The van der Waals surface area contributed by atoms with Crippen molar-refractivity contribution in [2.45, 2.75) is 6.92 Å². The van der Waals surface area contributed by atoms with Crippen LogP contribution in [-0.4, -0.2) is 37.5 Å². The van der Waals surface area contributed by atoms with Crippen molar-refractivity contribution in [3.63, 3.8) is 0 Å². The molecule has 2 amide bonds. The lowest BCUT2D eigenvalue weighted by molar-refractivity contribution is -0.145. The summed E-state index contributed by atoms with van der Waals surface area (Å²) in [6.45, 7) is 1.46. The van der Waals surface area contributed by atoms with Crippen LogP contribution in [0.15, 0.2) is 72.8 Å². The summed E-state index contributed by atoms with van der Waals surface area (Å²) in [5, 5.41) is 5.43. The summed E-state index contributed by atoms with van der Waals surface area (Å²) >= 11 is 0. The minimum absolute atomic E-state index is 0.0370. The second kappa shape index (κ2) is 9.86. The average molecular weight is 445 g/mol. The molecule has 168 valence electrons. The molecule has 2 N–H and O–H groups in total. The Morgan fingerprint density at radius 1 is 1.00 bits per heavy atom. The Morgan fingerprint density at radius 3 is 2.58 bits per heavy atom. The number of carbonyl (C=O) groups is 3. The summed E-state index contributed by atoms with van der Waals surface area (Å²) in [7, 11) is 0. The molecule has 0 unspecified atom stereocenters. The summed E-state index contributed by atoms with van der Waals surface area (Å²) in [5.74, 6) is 0.0847. The Balaban J connectivity index is 1.25. The molecule has 0 fully saturated rings. The highest BCUT2D eigenvalue weighted by atomic mass is 16.5. The van der Waals surface area contributed by atoms with Gasteiger partial charge in [0, 0.05) is 5.69 Å². The van der Waals surface area contributed by atoms with Crippen molar-refractivity contribution in [2.24, 2.45) is 0 Å². The molecule has 3 aromatic carbocycles. The Morgan fingerprint density at radius 2 is 1.79 bits per heavy atom. The number of hydrogen-bond donors (Lipinski definition) is 2. The van der Waals surface area contributed by atoms with Crippen LogP contribution in [0.1, 0.15) is 5.56 Å². The Hall–Kier alpha value is -4.33. The topological polar surface area (TPSA) is 97.0 Å². The van der Waals surface area contributed by atoms with Crippen LogP contribution in [0.5, 0.6) is 11.5 Å². The molecule has 4 rings (SSSR count). The first kappa shape index (κ1) is 21.9. The molecule has 3 aromatic rings. The number of fused-ring (bicyclic) bond motifs is 1. The van der Waals surface area contributed by atoms with Crippen molar-refractivity contribution in [3.05, 3.63) is 78.4 Å². The minimum Gasteiger partial charge on any atom is -0.457 e. The highest BCUT2D eigenvalue weighted by molar-refractivity contribution is 6.02. The second-order valence-electron chi connectivity index (χ2n) is 7.57. The molecule has 0 saturated heterocycles. The molecule has 0 spiro atoms. The molecule has 1 aliphatic heterocycles. The number of rotatable bonds is 7. The van der Waals surface area contributed by atoms with Crippen molar-refractivity contribution in [1.82, 2.24) is 0 Å². The van der Waals surface area contributed by atoms with E-state index in [1.54, 1.807) is 47.4 Å². The van der Waals surface area contributed by atoms with Crippen LogP contribution in [0.4, 0.5) is 17.1 Å². The van der Waals surface area contributed by atoms with Gasteiger partial charge in [-0.25, -0.2) is 0 Å². The number of ether oxygens (including phenoxy) is 2. The third-order valence-corrected chi connectivity index (χ3v) is 4.90. The van der Waals surface area contributed by atoms with Gasteiger partial charge in [-0.3, -0.25) is 14.4 Å². The van der Waals surface area contributed by atoms with Crippen LogP contribution < -0.4 is 20.3 Å². The maximum atomic E-state index is 12.2. The minimum atomic E-state index is -0.600. The Labute approximate surface area is 191 Å². The molecular formula is C25H23N3O5. The number of amides is 2. The molecule has 33 heavy (non-hydrogen) atoms. The summed E-state index contributed by atoms with van der Waals surface area (Å²) in [6.07, 6.45) is 0. The quantitative estimate of drug-likeness (QED) is 0.538. The number of aryl methyl sites for hydroxylation is 1. The van der Waals surface area contributed by atoms with Gasteiger partial charge in [-0.05, 0) is 61.0 Å². The molecule has 1 aliphatic rings. The zero-order chi connectivity index (χ0) is 23.2. The third-order valence-electron chi connectivity index (χ3n) is 4.90. The van der Waals surface area contributed by atoms with Crippen molar-refractivity contribution in [2.75, 3.05) is 35.2 Å². The zero-order valence-corrected chi connectivity index (χ0v) is 18.0. The SMILES string of the molecule is Cc1cccc(Oc2ccc(NC(=O)COC(=O)CN3CC(=O)Nc4ccccc43)cc2)c1. The fraction of sp³-hybridized carbons (Fsp3) is 0.160. The fourth-order valence-corrected chi connectivity index (χ4v) is 3.41. The van der Waals surface area contributed by atoms with Crippen LogP contribution in [0.2, 0.25) is 0 Å². The molecule has 8 heteroatoms. The van der Waals surface area contributed by atoms with Crippen LogP contribution in [0.25, 0.3) is 0 Å². The number of nitrogens with one attached hydrogen (secondary N) is 2. The van der Waals surface area contributed by atoms with E-state index in [4.69, 9.17) is 9.47 Å². The molecule has 0 bridgehead atoms. The number of para-hydroxylation sites is 2. The van der Waals surface area contributed by atoms with Gasteiger partial charge in [0.1, 0.15) is 18.0 Å². The highest BCUT2D eigenvalue weighted by Gasteiger charge is 2.24. The lowest BCUT2D eigenvalue weighted by Gasteiger charge is -2.29. The normalized spacial score (nSPS) is 12.4. The monoisotopic (exact) mass is 445 g/mol. The van der Waals surface area contributed by atoms with Crippen LogP contribution in [-0.2, 0) is 19.1 Å². The number of anilines is 3. The van der Waals surface area contributed by atoms with E-state index < -0.39 is 18.5 Å². The third kappa shape index (κ3) is 5.88. The lowest BCUT2D eigenvalue weighted by atomic mass is 10.2. The number of esters is 1. The first-order valence-corrected chi connectivity index (χ1v) is 10.4. The van der Waals surface area contributed by atoms with E-state index >= 15 is 0 Å². The van der Waals surface area contributed by atoms with E-state index in [2.05, 4.69) is 10.6 Å². The van der Waals surface area contributed by atoms with Gasteiger partial charge >= 0.3 is 5.97 Å². The summed E-state index contributed by atoms with van der Waals surface area (Å²) < 4.78 is 10.9.